The number of nitrogens with two attached hydrogens (primary N) is 1. The Morgan fingerprint density at radius 1 is 1.32 bits per heavy atom. The van der Waals surface area contributed by atoms with Gasteiger partial charge in [0.1, 0.15) is 0 Å². The number of nitrogens with one attached hydrogen (secondary N) is 1. The number of hydrogen-bond acceptors (Lipinski definition) is 3. The summed E-state index contributed by atoms with van der Waals surface area (Å²) in [6.45, 7) is 4.01. The van der Waals surface area contributed by atoms with E-state index in [1.807, 2.05) is 37.7 Å². The highest BCUT2D eigenvalue weighted by molar-refractivity contribution is 6.30. The van der Waals surface area contributed by atoms with Gasteiger partial charge in [0.15, 0.2) is 0 Å². The van der Waals surface area contributed by atoms with Crippen LogP contribution in [0.3, 0.4) is 0 Å². The van der Waals surface area contributed by atoms with E-state index in [1.54, 1.807) is 0 Å². The molecule has 0 bridgehead atoms. The second-order valence-electron chi connectivity index (χ2n) is 4.89. The Morgan fingerprint density at radius 3 is 2.58 bits per heavy atom. The van der Waals surface area contributed by atoms with Crippen molar-refractivity contribution < 1.29 is 0 Å². The lowest BCUT2D eigenvalue weighted by Crippen LogP contribution is -2.30. The van der Waals surface area contributed by atoms with Gasteiger partial charge >= 0.3 is 0 Å². The molecule has 0 spiro atoms. The minimum absolute atomic E-state index is 0.0206. The normalized spacial score (nSPS) is 12.7. The summed E-state index contributed by atoms with van der Waals surface area (Å²) < 4.78 is 1.89. The Balaban J connectivity index is 2.27. The third-order valence-electron chi connectivity index (χ3n) is 3.18. The number of aromatic nitrogens is 2. The standard InChI is InChI=1S/C14H19ClN4/c1-9-4-11(7-12(15)5-9)14(17-16)8-13-6-10(2)18-19(13)3/h4-7,14,17H,8,16H2,1-3H3. The van der Waals surface area contributed by atoms with Crippen molar-refractivity contribution in [1.29, 1.82) is 0 Å². The maximum absolute atomic E-state index is 6.10. The van der Waals surface area contributed by atoms with E-state index in [9.17, 15) is 0 Å². The molecule has 0 amide bonds. The third kappa shape index (κ3) is 3.35. The minimum atomic E-state index is 0.0206. The van der Waals surface area contributed by atoms with Gasteiger partial charge in [-0.25, -0.2) is 0 Å². The molecule has 0 saturated carbocycles. The Hall–Kier alpha value is -1.36. The molecule has 1 aromatic carbocycles. The van der Waals surface area contributed by atoms with Crippen LogP contribution in [0.5, 0.6) is 0 Å². The zero-order valence-electron chi connectivity index (χ0n) is 11.4. The topological polar surface area (TPSA) is 55.9 Å². The Bertz CT molecular complexity index is 557. The van der Waals surface area contributed by atoms with Crippen molar-refractivity contribution in [2.45, 2.75) is 26.3 Å². The van der Waals surface area contributed by atoms with Crippen molar-refractivity contribution in [1.82, 2.24) is 15.2 Å². The van der Waals surface area contributed by atoms with Gasteiger partial charge in [0.2, 0.25) is 0 Å². The molecule has 1 unspecified atom stereocenters. The molecule has 0 saturated heterocycles. The zero-order chi connectivity index (χ0) is 14.0. The molecular formula is C14H19ClN4. The number of rotatable bonds is 4. The Kier molecular flexibility index (Phi) is 4.24. The lowest BCUT2D eigenvalue weighted by atomic mass is 10.0. The van der Waals surface area contributed by atoms with Crippen molar-refractivity contribution in [3.05, 3.63) is 51.8 Å². The van der Waals surface area contributed by atoms with Crippen LogP contribution in [0.1, 0.15) is 28.6 Å². The first-order valence-corrected chi connectivity index (χ1v) is 6.60. The highest BCUT2D eigenvalue weighted by Gasteiger charge is 2.14. The number of benzene rings is 1. The van der Waals surface area contributed by atoms with Crippen molar-refractivity contribution in [2.75, 3.05) is 0 Å². The molecule has 19 heavy (non-hydrogen) atoms. The van der Waals surface area contributed by atoms with E-state index in [-0.39, 0.29) is 6.04 Å². The van der Waals surface area contributed by atoms with Gasteiger partial charge in [0.25, 0.3) is 0 Å². The number of halogens is 1. The van der Waals surface area contributed by atoms with Crippen LogP contribution in [0, 0.1) is 13.8 Å². The molecule has 2 aromatic rings. The first-order chi connectivity index (χ1) is 8.99. The molecule has 102 valence electrons. The molecule has 0 fully saturated rings. The van der Waals surface area contributed by atoms with Crippen molar-refractivity contribution >= 4 is 11.6 Å². The van der Waals surface area contributed by atoms with Gasteiger partial charge in [-0.3, -0.25) is 16.0 Å². The van der Waals surface area contributed by atoms with Crippen LogP contribution in [-0.4, -0.2) is 9.78 Å². The smallest absolute Gasteiger partial charge is 0.0596 e. The summed E-state index contributed by atoms with van der Waals surface area (Å²) in [6.07, 6.45) is 0.771. The van der Waals surface area contributed by atoms with E-state index in [0.29, 0.717) is 0 Å². The summed E-state index contributed by atoms with van der Waals surface area (Å²) in [7, 11) is 1.94. The van der Waals surface area contributed by atoms with Gasteiger partial charge in [-0.15, -0.1) is 0 Å². The molecule has 4 nitrogen and oxygen atoms in total. The molecule has 2 rings (SSSR count). The SMILES string of the molecule is Cc1cc(Cl)cc(C(Cc2cc(C)nn2C)NN)c1. The molecule has 1 heterocycles. The first kappa shape index (κ1) is 14.1. The van der Waals surface area contributed by atoms with Gasteiger partial charge in [-0.05, 0) is 43.2 Å². The summed E-state index contributed by atoms with van der Waals surface area (Å²) in [6, 6.07) is 8.07. The third-order valence-corrected chi connectivity index (χ3v) is 3.40. The lowest BCUT2D eigenvalue weighted by Gasteiger charge is -2.17. The Morgan fingerprint density at radius 2 is 2.05 bits per heavy atom. The largest absolute Gasteiger partial charge is 0.272 e. The van der Waals surface area contributed by atoms with Crippen molar-refractivity contribution in [3.8, 4) is 0 Å². The van der Waals surface area contributed by atoms with E-state index < -0.39 is 0 Å². The van der Waals surface area contributed by atoms with E-state index in [0.717, 1.165) is 34.0 Å². The van der Waals surface area contributed by atoms with Gasteiger partial charge in [-0.1, -0.05) is 17.7 Å². The molecule has 3 N–H and O–H groups in total. The van der Waals surface area contributed by atoms with Gasteiger partial charge in [-0.2, -0.15) is 5.10 Å². The minimum Gasteiger partial charge on any atom is -0.272 e. The quantitative estimate of drug-likeness (QED) is 0.667. The molecule has 1 aromatic heterocycles. The highest BCUT2D eigenvalue weighted by Crippen LogP contribution is 2.23. The Labute approximate surface area is 118 Å². The molecule has 5 heteroatoms. The van der Waals surface area contributed by atoms with Crippen LogP contribution in [0.15, 0.2) is 24.3 Å². The predicted molar refractivity (Wildman–Crippen MR) is 77.9 cm³/mol. The fourth-order valence-corrected chi connectivity index (χ4v) is 2.60. The van der Waals surface area contributed by atoms with E-state index in [4.69, 9.17) is 17.4 Å². The molecule has 1 atom stereocenters. The van der Waals surface area contributed by atoms with Crippen LogP contribution in [0.25, 0.3) is 0 Å². The monoisotopic (exact) mass is 278 g/mol. The second-order valence-corrected chi connectivity index (χ2v) is 5.32. The first-order valence-electron chi connectivity index (χ1n) is 6.22. The average molecular weight is 279 g/mol. The summed E-state index contributed by atoms with van der Waals surface area (Å²) in [5.41, 5.74) is 7.22. The van der Waals surface area contributed by atoms with Crippen molar-refractivity contribution in [3.63, 3.8) is 0 Å². The van der Waals surface area contributed by atoms with Gasteiger partial charge < -0.3 is 0 Å². The fourth-order valence-electron chi connectivity index (χ4n) is 2.30. The average Bonchev–Trinajstić information content (AvgIpc) is 2.63. The van der Waals surface area contributed by atoms with Crippen LogP contribution < -0.4 is 11.3 Å². The molecule has 0 aliphatic carbocycles. The molecule has 0 aliphatic rings. The van der Waals surface area contributed by atoms with Crippen LogP contribution in [0.4, 0.5) is 0 Å². The van der Waals surface area contributed by atoms with Crippen molar-refractivity contribution in [2.24, 2.45) is 12.9 Å². The van der Waals surface area contributed by atoms with E-state index in [2.05, 4.69) is 22.7 Å². The predicted octanol–water partition coefficient (Wildman–Crippen LogP) is 2.44. The number of hydrazine groups is 1. The maximum Gasteiger partial charge on any atom is 0.0596 e. The highest BCUT2D eigenvalue weighted by atomic mass is 35.5. The van der Waals surface area contributed by atoms with Crippen LogP contribution in [-0.2, 0) is 13.5 Å². The number of hydrogen-bond donors (Lipinski definition) is 2. The maximum atomic E-state index is 6.10. The molecular weight excluding hydrogens is 260 g/mol. The zero-order valence-corrected chi connectivity index (χ0v) is 12.2. The van der Waals surface area contributed by atoms with Gasteiger partial charge in [0, 0.05) is 24.2 Å². The van der Waals surface area contributed by atoms with E-state index in [1.165, 1.54) is 0 Å². The molecule has 0 aliphatic heterocycles. The summed E-state index contributed by atoms with van der Waals surface area (Å²) in [4.78, 5) is 0. The number of aryl methyl sites for hydroxylation is 3. The van der Waals surface area contributed by atoms with Crippen LogP contribution in [0.2, 0.25) is 5.02 Å². The van der Waals surface area contributed by atoms with Gasteiger partial charge in [0.05, 0.1) is 11.7 Å². The summed E-state index contributed by atoms with van der Waals surface area (Å²) in [5.74, 6) is 5.69. The lowest BCUT2D eigenvalue weighted by molar-refractivity contribution is 0.530. The summed E-state index contributed by atoms with van der Waals surface area (Å²) >= 11 is 6.10. The molecule has 0 radical (unpaired) electrons. The second kappa shape index (κ2) is 5.74. The van der Waals surface area contributed by atoms with Crippen LogP contribution >= 0.6 is 11.6 Å². The number of nitrogens with zero attached hydrogens (tertiary/aromatic N) is 2. The summed E-state index contributed by atoms with van der Waals surface area (Å²) in [5, 5.41) is 5.08. The fraction of sp³-hybridized carbons (Fsp3) is 0.357. The van der Waals surface area contributed by atoms with E-state index >= 15 is 0 Å².